The molecule has 1 aromatic rings. The van der Waals surface area contributed by atoms with Crippen LogP contribution in [0.25, 0.3) is 0 Å². The Kier molecular flexibility index (Phi) is 6.30. The molecule has 0 aromatic heterocycles. The van der Waals surface area contributed by atoms with E-state index in [2.05, 4.69) is 17.4 Å². The van der Waals surface area contributed by atoms with Gasteiger partial charge < -0.3 is 19.5 Å². The Balaban J connectivity index is 2.03. The van der Waals surface area contributed by atoms with E-state index in [1.807, 2.05) is 19.2 Å². The summed E-state index contributed by atoms with van der Waals surface area (Å²) in [6, 6.07) is 8.46. The maximum absolute atomic E-state index is 5.82. The molecule has 2 rings (SSSR count). The molecule has 112 valence electrons. The number of ether oxygens (including phenoxy) is 3. The van der Waals surface area contributed by atoms with E-state index in [1.165, 1.54) is 12.0 Å². The molecule has 20 heavy (non-hydrogen) atoms. The quantitative estimate of drug-likeness (QED) is 0.742. The van der Waals surface area contributed by atoms with Gasteiger partial charge in [-0.15, -0.1) is 0 Å². The largest absolute Gasteiger partial charge is 0.491 e. The lowest BCUT2D eigenvalue weighted by molar-refractivity contribution is 0.0947. The van der Waals surface area contributed by atoms with Gasteiger partial charge in [-0.2, -0.15) is 0 Å². The Morgan fingerprint density at radius 1 is 1.35 bits per heavy atom. The van der Waals surface area contributed by atoms with Crippen molar-refractivity contribution in [1.29, 1.82) is 0 Å². The molecule has 1 fully saturated rings. The van der Waals surface area contributed by atoms with Gasteiger partial charge in [-0.25, -0.2) is 0 Å². The van der Waals surface area contributed by atoms with Crippen LogP contribution >= 0.6 is 0 Å². The van der Waals surface area contributed by atoms with E-state index in [-0.39, 0.29) is 6.04 Å². The first-order chi connectivity index (χ1) is 9.85. The summed E-state index contributed by atoms with van der Waals surface area (Å²) >= 11 is 0. The van der Waals surface area contributed by atoms with E-state index in [9.17, 15) is 0 Å². The smallest absolute Gasteiger partial charge is 0.124 e. The van der Waals surface area contributed by atoms with Crippen LogP contribution in [-0.2, 0) is 9.47 Å². The van der Waals surface area contributed by atoms with Gasteiger partial charge in [-0.1, -0.05) is 18.2 Å². The molecule has 4 nitrogen and oxygen atoms in total. The minimum absolute atomic E-state index is 0.261. The van der Waals surface area contributed by atoms with Crippen LogP contribution in [0, 0.1) is 0 Å². The third-order valence-corrected chi connectivity index (χ3v) is 3.71. The zero-order chi connectivity index (χ0) is 14.2. The average Bonchev–Trinajstić information content (AvgIpc) is 2.99. The van der Waals surface area contributed by atoms with Gasteiger partial charge in [0.25, 0.3) is 0 Å². The zero-order valence-electron chi connectivity index (χ0n) is 12.4. The summed E-state index contributed by atoms with van der Waals surface area (Å²) in [6.07, 6.45) is 3.68. The van der Waals surface area contributed by atoms with Crippen molar-refractivity contribution >= 4 is 0 Å². The van der Waals surface area contributed by atoms with Crippen molar-refractivity contribution in [2.24, 2.45) is 0 Å². The molecular formula is C16H25NO3. The summed E-state index contributed by atoms with van der Waals surface area (Å²) in [4.78, 5) is 0. The summed E-state index contributed by atoms with van der Waals surface area (Å²) in [5.41, 5.74) is 1.20. The number of para-hydroxylation sites is 1. The Labute approximate surface area is 121 Å². The van der Waals surface area contributed by atoms with Crippen LogP contribution in [0.4, 0.5) is 0 Å². The predicted molar refractivity (Wildman–Crippen MR) is 79.2 cm³/mol. The maximum Gasteiger partial charge on any atom is 0.124 e. The van der Waals surface area contributed by atoms with E-state index in [0.717, 1.165) is 25.2 Å². The summed E-state index contributed by atoms with van der Waals surface area (Å²) < 4.78 is 16.6. The normalized spacial score (nSPS) is 20.0. The van der Waals surface area contributed by atoms with E-state index >= 15 is 0 Å². The first-order valence-electron chi connectivity index (χ1n) is 7.34. The van der Waals surface area contributed by atoms with E-state index in [1.54, 1.807) is 7.11 Å². The summed E-state index contributed by atoms with van der Waals surface area (Å²) in [5, 5.41) is 3.38. The van der Waals surface area contributed by atoms with Crippen LogP contribution in [0.2, 0.25) is 0 Å². The van der Waals surface area contributed by atoms with Gasteiger partial charge >= 0.3 is 0 Å². The van der Waals surface area contributed by atoms with Crippen molar-refractivity contribution < 1.29 is 14.2 Å². The van der Waals surface area contributed by atoms with Gasteiger partial charge in [0.2, 0.25) is 0 Å². The van der Waals surface area contributed by atoms with Crippen LogP contribution in [0.5, 0.6) is 5.75 Å². The second-order valence-electron chi connectivity index (χ2n) is 5.09. The third-order valence-electron chi connectivity index (χ3n) is 3.71. The van der Waals surface area contributed by atoms with Crippen molar-refractivity contribution in [2.45, 2.75) is 31.4 Å². The van der Waals surface area contributed by atoms with E-state index < -0.39 is 0 Å². The fraction of sp³-hybridized carbons (Fsp3) is 0.625. The summed E-state index contributed by atoms with van der Waals surface area (Å²) in [5.74, 6) is 0.932. The number of hydrogen-bond donors (Lipinski definition) is 1. The SMILES string of the molecule is CNC(CC1CCCO1)c1ccccc1OCCOC. The topological polar surface area (TPSA) is 39.7 Å². The zero-order valence-corrected chi connectivity index (χ0v) is 12.4. The van der Waals surface area contributed by atoms with Crippen LogP contribution in [0.15, 0.2) is 24.3 Å². The second kappa shape index (κ2) is 8.25. The number of nitrogens with one attached hydrogen (secondary N) is 1. The first-order valence-corrected chi connectivity index (χ1v) is 7.34. The fourth-order valence-electron chi connectivity index (χ4n) is 2.63. The predicted octanol–water partition coefficient (Wildman–Crippen LogP) is 2.54. The van der Waals surface area contributed by atoms with Gasteiger partial charge in [0.1, 0.15) is 12.4 Å². The molecule has 1 aromatic carbocycles. The summed E-state index contributed by atoms with van der Waals surface area (Å²) in [6.45, 7) is 2.07. The minimum Gasteiger partial charge on any atom is -0.491 e. The summed E-state index contributed by atoms with van der Waals surface area (Å²) in [7, 11) is 3.68. The van der Waals surface area contributed by atoms with Crippen LogP contribution in [0.1, 0.15) is 30.9 Å². The fourth-order valence-corrected chi connectivity index (χ4v) is 2.63. The molecule has 2 unspecified atom stereocenters. The van der Waals surface area contributed by atoms with Crippen molar-refractivity contribution in [2.75, 3.05) is 34.0 Å². The van der Waals surface area contributed by atoms with Gasteiger partial charge in [0, 0.05) is 25.3 Å². The standard InChI is InChI=1S/C16H25NO3/c1-17-15(12-13-6-5-9-19-13)14-7-3-4-8-16(14)20-11-10-18-2/h3-4,7-8,13,15,17H,5-6,9-12H2,1-2H3. The molecule has 1 N–H and O–H groups in total. The Bertz CT molecular complexity index is 391. The number of hydrogen-bond acceptors (Lipinski definition) is 4. The highest BCUT2D eigenvalue weighted by Gasteiger charge is 2.22. The molecule has 0 saturated carbocycles. The van der Waals surface area contributed by atoms with Crippen LogP contribution in [0.3, 0.4) is 0 Å². The molecule has 1 heterocycles. The van der Waals surface area contributed by atoms with Crippen molar-refractivity contribution in [1.82, 2.24) is 5.32 Å². The highest BCUT2D eigenvalue weighted by atomic mass is 16.5. The monoisotopic (exact) mass is 279 g/mol. The average molecular weight is 279 g/mol. The molecule has 2 atom stereocenters. The Hall–Kier alpha value is -1.10. The molecular weight excluding hydrogens is 254 g/mol. The molecule has 4 heteroatoms. The van der Waals surface area contributed by atoms with Crippen LogP contribution in [-0.4, -0.2) is 40.1 Å². The van der Waals surface area contributed by atoms with Gasteiger partial charge in [0.15, 0.2) is 0 Å². The number of benzene rings is 1. The van der Waals surface area contributed by atoms with E-state index in [0.29, 0.717) is 19.3 Å². The maximum atomic E-state index is 5.82. The number of rotatable bonds is 8. The molecule has 1 aliphatic heterocycles. The van der Waals surface area contributed by atoms with Gasteiger partial charge in [-0.05, 0) is 32.4 Å². The third kappa shape index (κ3) is 4.20. The highest BCUT2D eigenvalue weighted by molar-refractivity contribution is 5.36. The molecule has 0 bridgehead atoms. The van der Waals surface area contributed by atoms with Crippen molar-refractivity contribution in [3.63, 3.8) is 0 Å². The lowest BCUT2D eigenvalue weighted by Gasteiger charge is -2.22. The minimum atomic E-state index is 0.261. The lowest BCUT2D eigenvalue weighted by Crippen LogP contribution is -2.23. The first kappa shape index (κ1) is 15.3. The molecule has 0 amide bonds. The van der Waals surface area contributed by atoms with E-state index in [4.69, 9.17) is 14.2 Å². The van der Waals surface area contributed by atoms with Crippen molar-refractivity contribution in [3.05, 3.63) is 29.8 Å². The Morgan fingerprint density at radius 2 is 2.20 bits per heavy atom. The highest BCUT2D eigenvalue weighted by Crippen LogP contribution is 2.30. The van der Waals surface area contributed by atoms with Gasteiger partial charge in [0.05, 0.1) is 12.7 Å². The lowest BCUT2D eigenvalue weighted by atomic mass is 9.98. The van der Waals surface area contributed by atoms with Crippen molar-refractivity contribution in [3.8, 4) is 5.75 Å². The molecule has 0 aliphatic carbocycles. The second-order valence-corrected chi connectivity index (χ2v) is 5.09. The molecule has 1 aliphatic rings. The number of methoxy groups -OCH3 is 1. The Morgan fingerprint density at radius 3 is 2.90 bits per heavy atom. The molecule has 0 radical (unpaired) electrons. The van der Waals surface area contributed by atoms with Crippen LogP contribution < -0.4 is 10.1 Å². The molecule has 0 spiro atoms. The molecule has 1 saturated heterocycles. The van der Waals surface area contributed by atoms with Gasteiger partial charge in [-0.3, -0.25) is 0 Å².